The maximum atomic E-state index is 13.5. The lowest BCUT2D eigenvalue weighted by molar-refractivity contribution is -0.119. The molecule has 1 amide bonds. The van der Waals surface area contributed by atoms with Crippen LogP contribution in [0.25, 0.3) is 0 Å². The number of sulfonamides is 1. The van der Waals surface area contributed by atoms with Gasteiger partial charge in [0.2, 0.25) is 5.91 Å². The van der Waals surface area contributed by atoms with Crippen molar-refractivity contribution in [1.29, 1.82) is 0 Å². The normalized spacial score (nSPS) is 11.0. The first-order valence-electron chi connectivity index (χ1n) is 11.1. The Morgan fingerprint density at radius 2 is 1.53 bits per heavy atom. The lowest BCUT2D eigenvalue weighted by atomic mass is 10.2. The molecular formula is C26H30N2O5S. The number of hydrogen-bond acceptors (Lipinski definition) is 5. The average Bonchev–Trinajstić information content (AvgIpc) is 2.83. The van der Waals surface area contributed by atoms with E-state index in [-0.39, 0.29) is 18.0 Å². The minimum absolute atomic E-state index is 0.0775. The summed E-state index contributed by atoms with van der Waals surface area (Å²) in [6, 6.07) is 20.6. The molecule has 0 bridgehead atoms. The summed E-state index contributed by atoms with van der Waals surface area (Å²) in [6.07, 6.45) is 0. The van der Waals surface area contributed by atoms with Crippen molar-refractivity contribution in [2.45, 2.75) is 32.2 Å². The van der Waals surface area contributed by atoms with E-state index in [1.807, 2.05) is 57.2 Å². The van der Waals surface area contributed by atoms with Gasteiger partial charge in [0.1, 0.15) is 18.0 Å². The quantitative estimate of drug-likeness (QED) is 0.440. The first-order chi connectivity index (χ1) is 16.3. The first kappa shape index (κ1) is 25.1. The van der Waals surface area contributed by atoms with Crippen molar-refractivity contribution in [1.82, 2.24) is 5.32 Å². The summed E-state index contributed by atoms with van der Waals surface area (Å²) >= 11 is 0. The Morgan fingerprint density at radius 3 is 2.18 bits per heavy atom. The van der Waals surface area contributed by atoms with Crippen LogP contribution in [0.2, 0.25) is 0 Å². The molecule has 0 aliphatic rings. The molecule has 8 heteroatoms. The fraction of sp³-hybridized carbons (Fsp3) is 0.269. The van der Waals surface area contributed by atoms with Gasteiger partial charge in [-0.05, 0) is 74.9 Å². The molecule has 0 unspecified atom stereocenters. The number of benzene rings is 3. The Labute approximate surface area is 201 Å². The van der Waals surface area contributed by atoms with Crippen molar-refractivity contribution in [3.63, 3.8) is 0 Å². The van der Waals surface area contributed by atoms with Crippen LogP contribution in [0.5, 0.6) is 11.5 Å². The second kappa shape index (κ2) is 11.6. The number of aryl methyl sites for hydroxylation is 1. The van der Waals surface area contributed by atoms with E-state index in [4.69, 9.17) is 9.47 Å². The number of ether oxygens (including phenoxy) is 2. The van der Waals surface area contributed by atoms with Gasteiger partial charge in [-0.15, -0.1) is 0 Å². The molecule has 3 rings (SSSR count). The summed E-state index contributed by atoms with van der Waals surface area (Å²) in [7, 11) is -3.99. The highest BCUT2D eigenvalue weighted by molar-refractivity contribution is 7.92. The minimum Gasteiger partial charge on any atom is -0.494 e. The SMILES string of the molecule is CCOc1ccc(S(=O)(=O)N(CC(=O)NCc2cccc(OCC)c2)c2ccc(C)cc2)cc1. The van der Waals surface area contributed by atoms with Crippen molar-refractivity contribution < 1.29 is 22.7 Å². The Hall–Kier alpha value is -3.52. The molecule has 0 spiro atoms. The Balaban J connectivity index is 1.81. The maximum absolute atomic E-state index is 13.5. The van der Waals surface area contributed by atoms with Crippen molar-refractivity contribution in [2.75, 3.05) is 24.1 Å². The van der Waals surface area contributed by atoms with Crippen LogP contribution >= 0.6 is 0 Å². The number of amides is 1. The minimum atomic E-state index is -3.99. The van der Waals surface area contributed by atoms with Crippen LogP contribution in [0.4, 0.5) is 5.69 Å². The zero-order chi connectivity index (χ0) is 24.6. The highest BCUT2D eigenvalue weighted by Crippen LogP contribution is 2.25. The lowest BCUT2D eigenvalue weighted by Crippen LogP contribution is -2.40. The molecule has 180 valence electrons. The van der Waals surface area contributed by atoms with E-state index in [9.17, 15) is 13.2 Å². The summed E-state index contributed by atoms with van der Waals surface area (Å²) in [5.74, 6) is 0.876. The van der Waals surface area contributed by atoms with Crippen LogP contribution in [0.15, 0.2) is 77.7 Å². The molecule has 0 aliphatic heterocycles. The second-order valence-electron chi connectivity index (χ2n) is 7.61. The average molecular weight is 483 g/mol. The van der Waals surface area contributed by atoms with E-state index in [1.54, 1.807) is 24.3 Å². The van der Waals surface area contributed by atoms with Gasteiger partial charge in [-0.1, -0.05) is 29.8 Å². The van der Waals surface area contributed by atoms with Crippen LogP contribution in [0, 0.1) is 6.92 Å². The lowest BCUT2D eigenvalue weighted by Gasteiger charge is -2.24. The fourth-order valence-corrected chi connectivity index (χ4v) is 4.75. The van der Waals surface area contributed by atoms with Gasteiger partial charge in [-0.25, -0.2) is 8.42 Å². The molecule has 0 atom stereocenters. The maximum Gasteiger partial charge on any atom is 0.264 e. The third kappa shape index (κ3) is 6.51. The van der Waals surface area contributed by atoms with Gasteiger partial charge in [-0.3, -0.25) is 9.10 Å². The zero-order valence-corrected chi connectivity index (χ0v) is 20.5. The molecule has 34 heavy (non-hydrogen) atoms. The molecule has 0 saturated heterocycles. The molecule has 1 N–H and O–H groups in total. The Kier molecular flexibility index (Phi) is 8.54. The highest BCUT2D eigenvalue weighted by Gasteiger charge is 2.27. The van der Waals surface area contributed by atoms with E-state index in [0.717, 1.165) is 15.4 Å². The predicted molar refractivity (Wildman–Crippen MR) is 133 cm³/mol. The van der Waals surface area contributed by atoms with Crippen LogP contribution in [0.1, 0.15) is 25.0 Å². The largest absolute Gasteiger partial charge is 0.494 e. The summed E-state index contributed by atoms with van der Waals surface area (Å²) in [6.45, 7) is 6.60. The van der Waals surface area contributed by atoms with E-state index >= 15 is 0 Å². The smallest absolute Gasteiger partial charge is 0.264 e. The number of nitrogens with zero attached hydrogens (tertiary/aromatic N) is 1. The van der Waals surface area contributed by atoms with Gasteiger partial charge in [0.25, 0.3) is 10.0 Å². The van der Waals surface area contributed by atoms with Crippen molar-refractivity contribution in [3.8, 4) is 11.5 Å². The van der Waals surface area contributed by atoms with Gasteiger partial charge < -0.3 is 14.8 Å². The molecule has 0 radical (unpaired) electrons. The number of nitrogens with one attached hydrogen (secondary N) is 1. The molecule has 3 aromatic rings. The van der Waals surface area contributed by atoms with Gasteiger partial charge >= 0.3 is 0 Å². The Morgan fingerprint density at radius 1 is 0.882 bits per heavy atom. The number of rotatable bonds is 11. The summed E-state index contributed by atoms with van der Waals surface area (Å²) in [5, 5.41) is 2.81. The van der Waals surface area contributed by atoms with Crippen molar-refractivity contribution in [2.24, 2.45) is 0 Å². The number of carbonyl (C=O) groups excluding carboxylic acids is 1. The monoisotopic (exact) mass is 482 g/mol. The molecule has 0 heterocycles. The van der Waals surface area contributed by atoms with Gasteiger partial charge in [0, 0.05) is 6.54 Å². The standard InChI is InChI=1S/C26H30N2O5S/c1-4-32-23-13-15-25(16-14-23)34(30,31)28(22-11-9-20(3)10-12-22)19-26(29)27-18-21-7-6-8-24(17-21)33-5-2/h6-17H,4-5,18-19H2,1-3H3,(H,27,29). The fourth-order valence-electron chi connectivity index (χ4n) is 3.33. The molecule has 0 saturated carbocycles. The Bertz CT molecular complexity index is 1190. The zero-order valence-electron chi connectivity index (χ0n) is 19.7. The first-order valence-corrected chi connectivity index (χ1v) is 12.6. The van der Waals surface area contributed by atoms with Crippen molar-refractivity contribution >= 4 is 21.6 Å². The van der Waals surface area contributed by atoms with Crippen molar-refractivity contribution in [3.05, 3.63) is 83.9 Å². The molecule has 3 aromatic carbocycles. The van der Waals surface area contributed by atoms with Gasteiger partial charge in [0.05, 0.1) is 23.8 Å². The third-order valence-electron chi connectivity index (χ3n) is 5.03. The number of hydrogen-bond donors (Lipinski definition) is 1. The molecule has 0 fully saturated rings. The van der Waals surface area contributed by atoms with Gasteiger partial charge in [0.15, 0.2) is 0 Å². The summed E-state index contributed by atoms with van der Waals surface area (Å²) in [4.78, 5) is 12.9. The van der Waals surface area contributed by atoms with E-state index in [0.29, 0.717) is 30.4 Å². The molecule has 0 aromatic heterocycles. The van der Waals surface area contributed by atoms with E-state index in [1.165, 1.54) is 12.1 Å². The summed E-state index contributed by atoms with van der Waals surface area (Å²) in [5.41, 5.74) is 2.25. The van der Waals surface area contributed by atoms with Crippen LogP contribution in [0.3, 0.4) is 0 Å². The molecule has 0 aliphatic carbocycles. The van der Waals surface area contributed by atoms with E-state index < -0.39 is 15.9 Å². The predicted octanol–water partition coefficient (Wildman–Crippen LogP) is 4.30. The van der Waals surface area contributed by atoms with E-state index in [2.05, 4.69) is 5.32 Å². The van der Waals surface area contributed by atoms with Gasteiger partial charge in [-0.2, -0.15) is 0 Å². The molecule has 7 nitrogen and oxygen atoms in total. The molecular weight excluding hydrogens is 452 g/mol. The highest BCUT2D eigenvalue weighted by atomic mass is 32.2. The summed E-state index contributed by atoms with van der Waals surface area (Å²) < 4.78 is 39.0. The number of carbonyl (C=O) groups is 1. The van der Waals surface area contributed by atoms with Crippen LogP contribution in [-0.4, -0.2) is 34.1 Å². The van der Waals surface area contributed by atoms with Crippen LogP contribution in [-0.2, 0) is 21.4 Å². The third-order valence-corrected chi connectivity index (χ3v) is 6.82. The number of anilines is 1. The topological polar surface area (TPSA) is 84.9 Å². The van der Waals surface area contributed by atoms with Crippen LogP contribution < -0.4 is 19.1 Å². The second-order valence-corrected chi connectivity index (χ2v) is 9.47.